The van der Waals surface area contributed by atoms with Gasteiger partial charge in [0, 0.05) is 18.8 Å². The first kappa shape index (κ1) is 13.1. The van der Waals surface area contributed by atoms with Crippen LogP contribution in [0.1, 0.15) is 11.1 Å². The third-order valence-electron chi connectivity index (χ3n) is 3.00. The van der Waals surface area contributed by atoms with E-state index in [1.165, 1.54) is 18.3 Å². The summed E-state index contributed by atoms with van der Waals surface area (Å²) in [5.74, 6) is 0.334. The van der Waals surface area contributed by atoms with E-state index in [1.807, 2.05) is 12.3 Å². The molecule has 0 aliphatic heterocycles. The molecule has 0 atom stereocenters. The molecular formula is C15H11FN4O. The first-order valence-corrected chi connectivity index (χ1v) is 6.37. The van der Waals surface area contributed by atoms with Gasteiger partial charge in [-0.25, -0.2) is 13.9 Å². The van der Waals surface area contributed by atoms with Crippen molar-refractivity contribution >= 4 is 5.65 Å². The Morgan fingerprint density at radius 1 is 1.24 bits per heavy atom. The number of fused-ring (bicyclic) bond motifs is 1. The molecule has 21 heavy (non-hydrogen) atoms. The largest absolute Gasteiger partial charge is 0.493 e. The average Bonchev–Trinajstić information content (AvgIpc) is 2.91. The molecule has 3 rings (SSSR count). The molecule has 0 fully saturated rings. The van der Waals surface area contributed by atoms with Gasteiger partial charge in [0.1, 0.15) is 23.2 Å². The number of benzene rings is 1. The van der Waals surface area contributed by atoms with Gasteiger partial charge in [0.2, 0.25) is 0 Å². The standard InChI is InChI=1S/C15H11FN4O/c16-13-1-3-14(4-2-13)21-6-5-11-8-18-15-12(7-17)9-19-20(15)10-11/h1-4,8-10H,5-6H2. The minimum atomic E-state index is -0.288. The van der Waals surface area contributed by atoms with E-state index >= 15 is 0 Å². The smallest absolute Gasteiger partial charge is 0.172 e. The first-order valence-electron chi connectivity index (χ1n) is 6.37. The molecule has 0 radical (unpaired) electrons. The van der Waals surface area contributed by atoms with Crippen LogP contribution in [0.5, 0.6) is 5.75 Å². The summed E-state index contributed by atoms with van der Waals surface area (Å²) in [5.41, 5.74) is 1.93. The third-order valence-corrected chi connectivity index (χ3v) is 3.00. The van der Waals surface area contributed by atoms with E-state index in [1.54, 1.807) is 22.8 Å². The van der Waals surface area contributed by atoms with Crippen LogP contribution in [0.25, 0.3) is 5.65 Å². The Balaban J connectivity index is 1.65. The predicted octanol–water partition coefficient (Wildman–Crippen LogP) is 2.36. The summed E-state index contributed by atoms with van der Waals surface area (Å²) in [6.07, 6.45) is 5.65. The lowest BCUT2D eigenvalue weighted by Crippen LogP contribution is -2.03. The molecule has 1 aromatic carbocycles. The van der Waals surface area contributed by atoms with Crippen molar-refractivity contribution in [1.82, 2.24) is 14.6 Å². The zero-order valence-electron chi connectivity index (χ0n) is 11.0. The van der Waals surface area contributed by atoms with Crippen molar-refractivity contribution in [3.05, 3.63) is 59.8 Å². The van der Waals surface area contributed by atoms with E-state index in [0.29, 0.717) is 30.0 Å². The summed E-state index contributed by atoms with van der Waals surface area (Å²) >= 11 is 0. The lowest BCUT2D eigenvalue weighted by atomic mass is 10.2. The number of halogens is 1. The number of nitrogens with zero attached hydrogens (tertiary/aromatic N) is 4. The molecule has 0 N–H and O–H groups in total. The summed E-state index contributed by atoms with van der Waals surface area (Å²) in [4.78, 5) is 4.22. The van der Waals surface area contributed by atoms with E-state index in [2.05, 4.69) is 10.1 Å². The van der Waals surface area contributed by atoms with E-state index in [9.17, 15) is 4.39 Å². The number of ether oxygens (including phenoxy) is 1. The van der Waals surface area contributed by atoms with Gasteiger partial charge >= 0.3 is 0 Å². The maximum Gasteiger partial charge on any atom is 0.172 e. The van der Waals surface area contributed by atoms with Gasteiger partial charge in [-0.1, -0.05) is 0 Å². The molecule has 2 heterocycles. The molecule has 2 aromatic heterocycles. The molecule has 0 unspecified atom stereocenters. The second kappa shape index (κ2) is 5.59. The number of nitriles is 1. The zero-order chi connectivity index (χ0) is 14.7. The summed E-state index contributed by atoms with van der Waals surface area (Å²) in [5, 5.41) is 13.0. The van der Waals surface area contributed by atoms with Crippen molar-refractivity contribution in [3.63, 3.8) is 0 Å². The highest BCUT2D eigenvalue weighted by molar-refractivity contribution is 5.53. The van der Waals surface area contributed by atoms with Gasteiger partial charge in [0.15, 0.2) is 5.65 Å². The van der Waals surface area contributed by atoms with Gasteiger partial charge in [-0.15, -0.1) is 0 Å². The van der Waals surface area contributed by atoms with Crippen LogP contribution in [-0.2, 0) is 6.42 Å². The van der Waals surface area contributed by atoms with Crippen molar-refractivity contribution in [3.8, 4) is 11.8 Å². The van der Waals surface area contributed by atoms with E-state index < -0.39 is 0 Å². The molecule has 5 nitrogen and oxygen atoms in total. The number of aromatic nitrogens is 3. The van der Waals surface area contributed by atoms with Gasteiger partial charge in [-0.3, -0.25) is 0 Å². The fourth-order valence-electron chi connectivity index (χ4n) is 1.94. The van der Waals surface area contributed by atoms with Crippen LogP contribution in [0.4, 0.5) is 4.39 Å². The average molecular weight is 282 g/mol. The van der Waals surface area contributed by atoms with Crippen LogP contribution in [-0.4, -0.2) is 21.2 Å². The minimum absolute atomic E-state index is 0.288. The van der Waals surface area contributed by atoms with Crippen molar-refractivity contribution in [2.45, 2.75) is 6.42 Å². The van der Waals surface area contributed by atoms with Crippen molar-refractivity contribution in [2.24, 2.45) is 0 Å². The molecule has 104 valence electrons. The monoisotopic (exact) mass is 282 g/mol. The fraction of sp³-hybridized carbons (Fsp3) is 0.133. The molecule has 0 saturated heterocycles. The van der Waals surface area contributed by atoms with Crippen LogP contribution in [0.15, 0.2) is 42.9 Å². The molecule has 0 aliphatic rings. The van der Waals surface area contributed by atoms with Gasteiger partial charge in [0.05, 0.1) is 12.8 Å². The molecular weight excluding hydrogens is 271 g/mol. The van der Waals surface area contributed by atoms with Crippen molar-refractivity contribution in [2.75, 3.05) is 6.61 Å². The maximum atomic E-state index is 12.8. The number of hydrogen-bond acceptors (Lipinski definition) is 4. The van der Waals surface area contributed by atoms with E-state index in [-0.39, 0.29) is 5.82 Å². The first-order chi connectivity index (χ1) is 10.3. The minimum Gasteiger partial charge on any atom is -0.493 e. The molecule has 0 bridgehead atoms. The Labute approximate surface area is 120 Å². The summed E-state index contributed by atoms with van der Waals surface area (Å²) in [6.45, 7) is 0.450. The zero-order valence-corrected chi connectivity index (χ0v) is 11.0. The third kappa shape index (κ3) is 2.82. The maximum absolute atomic E-state index is 12.8. The topological polar surface area (TPSA) is 63.2 Å². The Morgan fingerprint density at radius 2 is 2.05 bits per heavy atom. The molecule has 0 spiro atoms. The van der Waals surface area contributed by atoms with Gasteiger partial charge in [0.25, 0.3) is 0 Å². The normalized spacial score (nSPS) is 10.5. The number of rotatable bonds is 4. The Kier molecular flexibility index (Phi) is 3.48. The highest BCUT2D eigenvalue weighted by Gasteiger charge is 2.05. The van der Waals surface area contributed by atoms with Crippen molar-refractivity contribution < 1.29 is 9.13 Å². The predicted molar refractivity (Wildman–Crippen MR) is 73.3 cm³/mol. The highest BCUT2D eigenvalue weighted by Crippen LogP contribution is 2.12. The fourth-order valence-corrected chi connectivity index (χ4v) is 1.94. The van der Waals surface area contributed by atoms with Crippen molar-refractivity contribution in [1.29, 1.82) is 5.26 Å². The highest BCUT2D eigenvalue weighted by atomic mass is 19.1. The van der Waals surface area contributed by atoms with Crippen LogP contribution in [0.2, 0.25) is 0 Å². The molecule has 0 amide bonds. The lowest BCUT2D eigenvalue weighted by Gasteiger charge is -2.06. The van der Waals surface area contributed by atoms with Gasteiger partial charge < -0.3 is 4.74 Å². The quantitative estimate of drug-likeness (QED) is 0.737. The van der Waals surface area contributed by atoms with E-state index in [4.69, 9.17) is 10.00 Å². The second-order valence-corrected chi connectivity index (χ2v) is 4.45. The Hall–Kier alpha value is -2.94. The van der Waals surface area contributed by atoms with Gasteiger partial charge in [-0.05, 0) is 29.8 Å². The Bertz CT molecular complexity index is 805. The Morgan fingerprint density at radius 3 is 2.81 bits per heavy atom. The lowest BCUT2D eigenvalue weighted by molar-refractivity contribution is 0.321. The summed E-state index contributed by atoms with van der Waals surface area (Å²) in [7, 11) is 0. The molecule has 0 saturated carbocycles. The van der Waals surface area contributed by atoms with Crippen LogP contribution in [0.3, 0.4) is 0 Å². The summed E-state index contributed by atoms with van der Waals surface area (Å²) < 4.78 is 19.9. The number of hydrogen-bond donors (Lipinski definition) is 0. The molecule has 0 aliphatic carbocycles. The molecule has 3 aromatic rings. The van der Waals surface area contributed by atoms with E-state index in [0.717, 1.165) is 5.56 Å². The summed E-state index contributed by atoms with van der Waals surface area (Å²) in [6, 6.07) is 7.93. The van der Waals surface area contributed by atoms with Crippen LogP contribution in [0, 0.1) is 17.1 Å². The molecule has 6 heteroatoms. The van der Waals surface area contributed by atoms with Crippen LogP contribution >= 0.6 is 0 Å². The van der Waals surface area contributed by atoms with Gasteiger partial charge in [-0.2, -0.15) is 10.4 Å². The van der Waals surface area contributed by atoms with Crippen LogP contribution < -0.4 is 4.74 Å². The SMILES string of the molecule is N#Cc1cnn2cc(CCOc3ccc(F)cc3)cnc12. The second-order valence-electron chi connectivity index (χ2n) is 4.45.